The van der Waals surface area contributed by atoms with Crippen LogP contribution in [0.25, 0.3) is 6.08 Å². The van der Waals surface area contributed by atoms with Crippen molar-refractivity contribution >= 4 is 6.08 Å². The van der Waals surface area contributed by atoms with E-state index in [1.165, 1.54) is 11.1 Å². The number of hydrogen-bond acceptors (Lipinski definition) is 2. The van der Waals surface area contributed by atoms with Gasteiger partial charge in [-0.05, 0) is 12.0 Å². The minimum Gasteiger partial charge on any atom is -0.369 e. The average molecular weight is 380 g/mol. The molecule has 0 aliphatic heterocycles. The molecule has 0 radical (unpaired) electrons. The second kappa shape index (κ2) is 8.92. The SMILES string of the molecule is OC(C#CCOCC1C/C1=C/c1ccccc1)(c1ccccc1)c1ccccc1. The Balaban J connectivity index is 1.38. The third kappa shape index (κ3) is 4.84. The quantitative estimate of drug-likeness (QED) is 0.479. The van der Waals surface area contributed by atoms with Crippen LogP contribution in [0.2, 0.25) is 0 Å². The molecule has 0 amide bonds. The lowest BCUT2D eigenvalue weighted by atomic mass is 9.87. The lowest BCUT2D eigenvalue weighted by Gasteiger charge is -2.23. The van der Waals surface area contributed by atoms with E-state index in [1.807, 2.05) is 66.7 Å². The maximum Gasteiger partial charge on any atom is 0.176 e. The molecule has 1 aliphatic rings. The van der Waals surface area contributed by atoms with E-state index in [9.17, 15) is 5.11 Å². The highest BCUT2D eigenvalue weighted by atomic mass is 16.5. The summed E-state index contributed by atoms with van der Waals surface area (Å²) in [6.07, 6.45) is 3.32. The fourth-order valence-corrected chi connectivity index (χ4v) is 3.42. The topological polar surface area (TPSA) is 29.5 Å². The van der Waals surface area contributed by atoms with E-state index in [2.05, 4.69) is 42.2 Å². The van der Waals surface area contributed by atoms with Crippen LogP contribution in [0.4, 0.5) is 0 Å². The van der Waals surface area contributed by atoms with Crippen molar-refractivity contribution in [3.63, 3.8) is 0 Å². The molecule has 29 heavy (non-hydrogen) atoms. The van der Waals surface area contributed by atoms with Crippen molar-refractivity contribution in [1.29, 1.82) is 0 Å². The molecule has 1 atom stereocenters. The molecule has 0 heterocycles. The van der Waals surface area contributed by atoms with Crippen LogP contribution in [0.5, 0.6) is 0 Å². The second-order valence-electron chi connectivity index (χ2n) is 7.29. The zero-order valence-electron chi connectivity index (χ0n) is 16.3. The lowest BCUT2D eigenvalue weighted by Crippen LogP contribution is -2.25. The Morgan fingerprint density at radius 3 is 2.00 bits per heavy atom. The summed E-state index contributed by atoms with van der Waals surface area (Å²) in [5, 5.41) is 11.3. The van der Waals surface area contributed by atoms with Gasteiger partial charge in [0.05, 0.1) is 6.61 Å². The third-order valence-corrected chi connectivity index (χ3v) is 5.14. The highest BCUT2D eigenvalue weighted by Gasteiger charge is 2.30. The predicted octanol–water partition coefficient (Wildman–Crippen LogP) is 5.05. The first-order valence-electron chi connectivity index (χ1n) is 9.92. The van der Waals surface area contributed by atoms with E-state index in [0.717, 1.165) is 17.5 Å². The second-order valence-corrected chi connectivity index (χ2v) is 7.29. The van der Waals surface area contributed by atoms with Gasteiger partial charge in [-0.25, -0.2) is 0 Å². The highest BCUT2D eigenvalue weighted by Crippen LogP contribution is 2.39. The molecule has 1 N–H and O–H groups in total. The zero-order valence-corrected chi connectivity index (χ0v) is 16.3. The molecule has 1 saturated carbocycles. The summed E-state index contributed by atoms with van der Waals surface area (Å²) in [4.78, 5) is 0. The summed E-state index contributed by atoms with van der Waals surface area (Å²) in [5.41, 5.74) is 2.84. The Hall–Kier alpha value is -3.12. The summed E-state index contributed by atoms with van der Waals surface area (Å²) in [6.45, 7) is 0.972. The Labute approximate surface area is 172 Å². The Kier molecular flexibility index (Phi) is 5.91. The predicted molar refractivity (Wildman–Crippen MR) is 117 cm³/mol. The van der Waals surface area contributed by atoms with Crippen LogP contribution in [0, 0.1) is 17.8 Å². The maximum absolute atomic E-state index is 11.3. The summed E-state index contributed by atoms with van der Waals surface area (Å²) in [7, 11) is 0. The van der Waals surface area contributed by atoms with Crippen LogP contribution in [-0.4, -0.2) is 18.3 Å². The van der Waals surface area contributed by atoms with Crippen LogP contribution in [0.3, 0.4) is 0 Å². The van der Waals surface area contributed by atoms with Crippen LogP contribution < -0.4 is 0 Å². The smallest absolute Gasteiger partial charge is 0.176 e. The Bertz CT molecular complexity index is 972. The van der Waals surface area contributed by atoms with Crippen molar-refractivity contribution < 1.29 is 9.84 Å². The summed E-state index contributed by atoms with van der Waals surface area (Å²) >= 11 is 0. The van der Waals surface area contributed by atoms with E-state index in [1.54, 1.807) is 0 Å². The molecule has 2 heteroatoms. The maximum atomic E-state index is 11.3. The average Bonchev–Trinajstić information content (AvgIpc) is 3.52. The van der Waals surface area contributed by atoms with Gasteiger partial charge in [-0.15, -0.1) is 0 Å². The van der Waals surface area contributed by atoms with Crippen molar-refractivity contribution in [3.8, 4) is 11.8 Å². The van der Waals surface area contributed by atoms with Crippen molar-refractivity contribution in [2.45, 2.75) is 12.0 Å². The van der Waals surface area contributed by atoms with Gasteiger partial charge in [-0.2, -0.15) is 0 Å². The lowest BCUT2D eigenvalue weighted by molar-refractivity contribution is 0.141. The normalized spacial score (nSPS) is 16.9. The minimum atomic E-state index is -1.34. The van der Waals surface area contributed by atoms with E-state index < -0.39 is 5.60 Å². The van der Waals surface area contributed by atoms with Gasteiger partial charge >= 0.3 is 0 Å². The van der Waals surface area contributed by atoms with Crippen molar-refractivity contribution in [1.82, 2.24) is 0 Å². The van der Waals surface area contributed by atoms with Crippen LogP contribution in [-0.2, 0) is 10.3 Å². The van der Waals surface area contributed by atoms with Crippen LogP contribution in [0.15, 0.2) is 96.6 Å². The minimum absolute atomic E-state index is 0.303. The van der Waals surface area contributed by atoms with Gasteiger partial charge in [-0.1, -0.05) is 114 Å². The molecule has 1 fully saturated rings. The largest absolute Gasteiger partial charge is 0.369 e. The van der Waals surface area contributed by atoms with Crippen molar-refractivity contribution in [2.75, 3.05) is 13.2 Å². The van der Waals surface area contributed by atoms with Gasteiger partial charge in [0, 0.05) is 17.0 Å². The summed E-state index contributed by atoms with van der Waals surface area (Å²) < 4.78 is 5.77. The van der Waals surface area contributed by atoms with Gasteiger partial charge in [-0.3, -0.25) is 0 Å². The van der Waals surface area contributed by atoms with Crippen LogP contribution >= 0.6 is 0 Å². The Morgan fingerprint density at radius 1 is 0.862 bits per heavy atom. The molecule has 0 bridgehead atoms. The van der Waals surface area contributed by atoms with E-state index in [-0.39, 0.29) is 0 Å². The molecule has 0 saturated heterocycles. The van der Waals surface area contributed by atoms with E-state index in [4.69, 9.17) is 4.74 Å². The fraction of sp³-hybridized carbons (Fsp3) is 0.185. The number of rotatable bonds is 6. The molecule has 0 aromatic heterocycles. The van der Waals surface area contributed by atoms with Gasteiger partial charge in [0.15, 0.2) is 5.60 Å². The molecular weight excluding hydrogens is 356 g/mol. The summed E-state index contributed by atoms with van der Waals surface area (Å²) in [5.74, 6) is 6.55. The number of aliphatic hydroxyl groups is 1. The number of ether oxygens (including phenoxy) is 1. The third-order valence-electron chi connectivity index (χ3n) is 5.14. The van der Waals surface area contributed by atoms with Gasteiger partial charge < -0.3 is 9.84 Å². The molecule has 144 valence electrons. The number of hydrogen-bond donors (Lipinski definition) is 1. The monoisotopic (exact) mass is 380 g/mol. The first kappa shape index (κ1) is 19.2. The van der Waals surface area contributed by atoms with Gasteiger partial charge in [0.25, 0.3) is 0 Å². The standard InChI is InChI=1S/C27H24O2/c28-27(25-13-6-2-7-14-25,26-15-8-3-9-16-26)17-10-18-29-21-24-20-23(24)19-22-11-4-1-5-12-22/h1-9,11-16,19,24,28H,18,20-21H2/b23-19-. The number of benzene rings is 3. The van der Waals surface area contributed by atoms with Gasteiger partial charge in [0.1, 0.15) is 6.61 Å². The fourth-order valence-electron chi connectivity index (χ4n) is 3.42. The molecule has 2 nitrogen and oxygen atoms in total. The van der Waals surface area contributed by atoms with Crippen molar-refractivity contribution in [2.24, 2.45) is 5.92 Å². The molecule has 1 unspecified atom stereocenters. The highest BCUT2D eigenvalue weighted by molar-refractivity contribution is 5.57. The van der Waals surface area contributed by atoms with Crippen LogP contribution in [0.1, 0.15) is 23.1 Å². The van der Waals surface area contributed by atoms with E-state index >= 15 is 0 Å². The zero-order chi connectivity index (χ0) is 19.9. The molecule has 3 aromatic carbocycles. The van der Waals surface area contributed by atoms with Gasteiger partial charge in [0.2, 0.25) is 0 Å². The summed E-state index contributed by atoms with van der Waals surface area (Å²) in [6, 6.07) is 29.5. The molecule has 1 aliphatic carbocycles. The first-order chi connectivity index (χ1) is 14.3. The molecule has 3 aromatic rings. The Morgan fingerprint density at radius 2 is 1.41 bits per heavy atom. The van der Waals surface area contributed by atoms with Crippen molar-refractivity contribution in [3.05, 3.63) is 113 Å². The van der Waals surface area contributed by atoms with E-state index in [0.29, 0.717) is 19.1 Å². The molecule has 0 spiro atoms. The molecule has 4 rings (SSSR count). The first-order valence-corrected chi connectivity index (χ1v) is 9.92. The molecular formula is C27H24O2.